The standard InChI is InChI=1S/C33H28FN7O7S/c34-49(47,48)21-10-8-20(9-11-21)18-40-19-25(36-37-40)22-4-1-2-5-23(22)31(44)39-16-14-38(15-17-39)26-7-3-6-24-29(26)33(46)41(32(24)45)27-12-13-28(42)35-30(27)43/h1-11,19,27H,12-18H2,(H,35,42,43). The molecule has 0 aliphatic carbocycles. The lowest BCUT2D eigenvalue weighted by atomic mass is 10.0. The summed E-state index contributed by atoms with van der Waals surface area (Å²) in [4.78, 5) is 69.0. The zero-order valence-corrected chi connectivity index (χ0v) is 26.6. The first kappa shape index (κ1) is 31.8. The van der Waals surface area contributed by atoms with E-state index in [1.807, 2.05) is 4.90 Å². The molecule has 1 atom stereocenters. The summed E-state index contributed by atoms with van der Waals surface area (Å²) in [6.07, 6.45) is 1.75. The Hall–Kier alpha value is -5.77. The van der Waals surface area contributed by atoms with Gasteiger partial charge >= 0.3 is 10.2 Å². The van der Waals surface area contributed by atoms with Gasteiger partial charge in [0.2, 0.25) is 11.8 Å². The predicted molar refractivity (Wildman–Crippen MR) is 171 cm³/mol. The van der Waals surface area contributed by atoms with Gasteiger partial charge < -0.3 is 9.80 Å². The highest BCUT2D eigenvalue weighted by Gasteiger charge is 2.46. The molecule has 49 heavy (non-hydrogen) atoms. The molecule has 0 spiro atoms. The van der Waals surface area contributed by atoms with Gasteiger partial charge in [-0.25, -0.2) is 4.68 Å². The summed E-state index contributed by atoms with van der Waals surface area (Å²) >= 11 is 0. The van der Waals surface area contributed by atoms with E-state index in [4.69, 9.17) is 0 Å². The summed E-state index contributed by atoms with van der Waals surface area (Å²) in [5, 5.41) is 10.6. The van der Waals surface area contributed by atoms with Crippen LogP contribution in [0.5, 0.6) is 0 Å². The molecule has 3 aliphatic rings. The number of hydrogen-bond donors (Lipinski definition) is 1. The minimum atomic E-state index is -4.80. The molecule has 0 bridgehead atoms. The molecule has 1 aromatic heterocycles. The first-order chi connectivity index (χ1) is 23.5. The number of carbonyl (C=O) groups is 5. The van der Waals surface area contributed by atoms with Crippen molar-refractivity contribution in [2.45, 2.75) is 30.3 Å². The molecule has 2 saturated heterocycles. The quantitative estimate of drug-likeness (QED) is 0.224. The summed E-state index contributed by atoms with van der Waals surface area (Å²) in [7, 11) is -4.80. The van der Waals surface area contributed by atoms with E-state index >= 15 is 0 Å². The first-order valence-corrected chi connectivity index (χ1v) is 16.8. The number of benzene rings is 3. The molecule has 16 heteroatoms. The Morgan fingerprint density at radius 2 is 1.59 bits per heavy atom. The number of aromatic nitrogens is 3. The number of nitrogens with one attached hydrogen (secondary N) is 1. The fourth-order valence-corrected chi connectivity index (χ4v) is 6.88. The molecule has 250 valence electrons. The molecule has 1 N–H and O–H groups in total. The Labute approximate surface area is 279 Å². The summed E-state index contributed by atoms with van der Waals surface area (Å²) in [6.45, 7) is 1.65. The van der Waals surface area contributed by atoms with Gasteiger partial charge in [-0.05, 0) is 42.3 Å². The van der Waals surface area contributed by atoms with Crippen molar-refractivity contribution >= 4 is 45.4 Å². The van der Waals surface area contributed by atoms with Gasteiger partial charge in [-0.15, -0.1) is 8.98 Å². The summed E-state index contributed by atoms with van der Waals surface area (Å²) in [6, 6.07) is 16.2. The van der Waals surface area contributed by atoms with Crippen LogP contribution in [0.3, 0.4) is 0 Å². The maximum Gasteiger partial charge on any atom is 0.332 e. The fraction of sp³-hybridized carbons (Fsp3) is 0.242. The normalized spacial score (nSPS) is 18.1. The third kappa shape index (κ3) is 5.94. The largest absolute Gasteiger partial charge is 0.367 e. The third-order valence-corrected chi connectivity index (χ3v) is 9.71. The molecule has 3 aromatic carbocycles. The van der Waals surface area contributed by atoms with Crippen molar-refractivity contribution in [1.82, 2.24) is 30.1 Å². The molecule has 0 radical (unpaired) electrons. The van der Waals surface area contributed by atoms with E-state index < -0.39 is 44.8 Å². The second-order valence-corrected chi connectivity index (χ2v) is 13.2. The first-order valence-electron chi connectivity index (χ1n) is 15.4. The second-order valence-electron chi connectivity index (χ2n) is 11.9. The Morgan fingerprint density at radius 1 is 0.878 bits per heavy atom. The number of amides is 5. The van der Waals surface area contributed by atoms with Gasteiger partial charge in [0.15, 0.2) is 0 Å². The number of piperidine rings is 1. The van der Waals surface area contributed by atoms with Crippen molar-refractivity contribution in [2.24, 2.45) is 0 Å². The van der Waals surface area contributed by atoms with Crippen LogP contribution in [0.25, 0.3) is 11.3 Å². The number of fused-ring (bicyclic) bond motifs is 1. The molecule has 0 saturated carbocycles. The highest BCUT2D eigenvalue weighted by molar-refractivity contribution is 7.86. The maximum atomic E-state index is 13.8. The zero-order valence-electron chi connectivity index (χ0n) is 25.8. The highest BCUT2D eigenvalue weighted by Crippen LogP contribution is 2.35. The SMILES string of the molecule is O=C1CCC(N2C(=O)c3cccc(N4CCN(C(=O)c5ccccc5-c5cn(Cc6ccc(S(=O)(=O)F)cc6)nn5)CC4)c3C2=O)C(=O)N1. The number of rotatable bonds is 7. The lowest BCUT2D eigenvalue weighted by molar-refractivity contribution is -0.136. The lowest BCUT2D eigenvalue weighted by Gasteiger charge is -2.37. The molecule has 7 rings (SSSR count). The molecular weight excluding hydrogens is 657 g/mol. The van der Waals surface area contributed by atoms with Crippen LogP contribution < -0.4 is 10.2 Å². The van der Waals surface area contributed by atoms with Gasteiger partial charge in [-0.1, -0.05) is 41.6 Å². The third-order valence-electron chi connectivity index (χ3n) is 8.88. The monoisotopic (exact) mass is 685 g/mol. The minimum Gasteiger partial charge on any atom is -0.367 e. The number of piperazine rings is 1. The van der Waals surface area contributed by atoms with Gasteiger partial charge in [0.05, 0.1) is 34.5 Å². The number of anilines is 1. The molecule has 5 amide bonds. The molecule has 1 unspecified atom stereocenters. The Morgan fingerprint density at radius 3 is 2.31 bits per heavy atom. The number of carbonyl (C=O) groups excluding carboxylic acids is 5. The van der Waals surface area contributed by atoms with Crippen LogP contribution >= 0.6 is 0 Å². The van der Waals surface area contributed by atoms with Crippen molar-refractivity contribution in [3.63, 3.8) is 0 Å². The van der Waals surface area contributed by atoms with Crippen LogP contribution in [0.1, 0.15) is 49.5 Å². The van der Waals surface area contributed by atoms with Gasteiger partial charge in [0.1, 0.15) is 11.7 Å². The van der Waals surface area contributed by atoms with Gasteiger partial charge in [0, 0.05) is 43.7 Å². The molecular formula is C33H28FN7O7S. The molecule has 2 fully saturated rings. The molecule has 14 nitrogen and oxygen atoms in total. The van der Waals surface area contributed by atoms with Crippen molar-refractivity contribution in [3.8, 4) is 11.3 Å². The Bertz CT molecular complexity index is 2140. The minimum absolute atomic E-state index is 0.0288. The van der Waals surface area contributed by atoms with Crippen LogP contribution in [0.2, 0.25) is 0 Å². The fourth-order valence-electron chi connectivity index (χ4n) is 6.42. The summed E-state index contributed by atoms with van der Waals surface area (Å²) < 4.78 is 37.0. The average molecular weight is 686 g/mol. The molecule has 4 heterocycles. The van der Waals surface area contributed by atoms with Crippen LogP contribution in [0.4, 0.5) is 9.57 Å². The molecule has 3 aliphatic heterocycles. The highest BCUT2D eigenvalue weighted by atomic mass is 32.3. The van der Waals surface area contributed by atoms with Gasteiger partial charge in [-0.2, -0.15) is 8.42 Å². The van der Waals surface area contributed by atoms with E-state index in [-0.39, 0.29) is 36.4 Å². The summed E-state index contributed by atoms with van der Waals surface area (Å²) in [5.41, 5.74) is 3.04. The topological polar surface area (TPSA) is 172 Å². The second kappa shape index (κ2) is 12.4. The molecule has 4 aromatic rings. The van der Waals surface area contributed by atoms with E-state index in [0.29, 0.717) is 54.3 Å². The number of nitrogens with zero attached hydrogens (tertiary/aromatic N) is 6. The van der Waals surface area contributed by atoms with E-state index in [0.717, 1.165) is 4.90 Å². The van der Waals surface area contributed by atoms with E-state index in [1.165, 1.54) is 28.9 Å². The van der Waals surface area contributed by atoms with Crippen molar-refractivity contribution < 1.29 is 36.3 Å². The lowest BCUT2D eigenvalue weighted by Crippen LogP contribution is -2.54. The van der Waals surface area contributed by atoms with Crippen molar-refractivity contribution in [2.75, 3.05) is 31.1 Å². The zero-order chi connectivity index (χ0) is 34.4. The Kier molecular flexibility index (Phi) is 8.02. The van der Waals surface area contributed by atoms with Gasteiger partial charge in [-0.3, -0.25) is 34.2 Å². The van der Waals surface area contributed by atoms with Crippen LogP contribution in [-0.2, 0) is 26.4 Å². The Balaban J connectivity index is 1.04. The predicted octanol–water partition coefficient (Wildman–Crippen LogP) is 2.02. The maximum absolute atomic E-state index is 13.8. The van der Waals surface area contributed by atoms with E-state index in [2.05, 4.69) is 15.6 Å². The number of halogens is 1. The van der Waals surface area contributed by atoms with Crippen LogP contribution in [-0.4, -0.2) is 95.0 Å². The number of hydrogen-bond acceptors (Lipinski definition) is 10. The van der Waals surface area contributed by atoms with Crippen molar-refractivity contribution in [1.29, 1.82) is 0 Å². The van der Waals surface area contributed by atoms with E-state index in [1.54, 1.807) is 53.6 Å². The van der Waals surface area contributed by atoms with E-state index in [9.17, 15) is 36.3 Å². The average Bonchev–Trinajstić information content (AvgIpc) is 3.66. The summed E-state index contributed by atoms with van der Waals surface area (Å²) in [5.74, 6) is -2.51. The van der Waals surface area contributed by atoms with Crippen molar-refractivity contribution in [3.05, 3.63) is 95.2 Å². The van der Waals surface area contributed by atoms with Crippen LogP contribution in [0, 0.1) is 0 Å². The van der Waals surface area contributed by atoms with Crippen LogP contribution in [0.15, 0.2) is 77.8 Å². The number of imide groups is 2. The van der Waals surface area contributed by atoms with Gasteiger partial charge in [0.25, 0.3) is 17.7 Å². The smallest absolute Gasteiger partial charge is 0.332 e.